The van der Waals surface area contributed by atoms with Gasteiger partial charge >= 0.3 is 0 Å². The Morgan fingerprint density at radius 3 is 2.72 bits per heavy atom. The quantitative estimate of drug-likeness (QED) is 0.593. The molecule has 0 spiro atoms. The summed E-state index contributed by atoms with van der Waals surface area (Å²) in [6.45, 7) is 8.17. The second-order valence-corrected chi connectivity index (χ2v) is 8.24. The van der Waals surface area contributed by atoms with Gasteiger partial charge < -0.3 is 9.15 Å². The summed E-state index contributed by atoms with van der Waals surface area (Å²) < 4.78 is 24.4. The van der Waals surface area contributed by atoms with Gasteiger partial charge in [0.2, 0.25) is 0 Å². The van der Waals surface area contributed by atoms with E-state index >= 15 is 0 Å². The summed E-state index contributed by atoms with van der Waals surface area (Å²) in [5.74, 6) is 1.06. The van der Waals surface area contributed by atoms with E-state index in [0.29, 0.717) is 23.3 Å². The van der Waals surface area contributed by atoms with Crippen molar-refractivity contribution in [1.29, 1.82) is 0 Å². The maximum atomic E-state index is 13.8. The number of piperazine rings is 1. The number of nitrogens with zero attached hydrogens (tertiary/aromatic N) is 2. The van der Waals surface area contributed by atoms with Crippen molar-refractivity contribution in [2.75, 3.05) is 33.8 Å². The molecule has 0 bridgehead atoms. The van der Waals surface area contributed by atoms with Crippen molar-refractivity contribution in [3.05, 3.63) is 65.2 Å². The standard InChI is InChI=1S/C24H29FN2O2/c1-16(2)18-7-5-6-8-19(18)21-15-27(12-11-26(21)3)14-17-9-10-22(28-4)24-20(17)13-23(25)29-24/h5-10,13,16,21H,11-12,14-15H2,1-4H3. The number of ether oxygens (including phenoxy) is 1. The van der Waals surface area contributed by atoms with Gasteiger partial charge in [0, 0.05) is 43.7 Å². The maximum absolute atomic E-state index is 13.8. The molecule has 1 saturated heterocycles. The third-order valence-electron chi connectivity index (χ3n) is 6.03. The van der Waals surface area contributed by atoms with Crippen LogP contribution >= 0.6 is 0 Å². The van der Waals surface area contributed by atoms with Crippen molar-refractivity contribution in [2.24, 2.45) is 0 Å². The number of methoxy groups -OCH3 is 1. The molecule has 5 heteroatoms. The number of fused-ring (bicyclic) bond motifs is 1. The van der Waals surface area contributed by atoms with Crippen LogP contribution in [0.4, 0.5) is 4.39 Å². The van der Waals surface area contributed by atoms with E-state index in [4.69, 9.17) is 9.15 Å². The number of likely N-dealkylation sites (N-methyl/N-ethyl adjacent to an activating group) is 1. The molecule has 154 valence electrons. The second-order valence-electron chi connectivity index (χ2n) is 8.24. The first-order chi connectivity index (χ1) is 14.0. The number of furan rings is 1. The molecule has 1 aromatic heterocycles. The van der Waals surface area contributed by atoms with Gasteiger partial charge in [0.15, 0.2) is 11.3 Å². The zero-order valence-electron chi connectivity index (χ0n) is 17.6. The molecule has 1 atom stereocenters. The molecule has 1 fully saturated rings. The fourth-order valence-corrected chi connectivity index (χ4v) is 4.41. The Morgan fingerprint density at radius 2 is 1.97 bits per heavy atom. The van der Waals surface area contributed by atoms with Gasteiger partial charge in [-0.1, -0.05) is 44.2 Å². The third kappa shape index (κ3) is 3.89. The summed E-state index contributed by atoms with van der Waals surface area (Å²) in [5.41, 5.74) is 4.37. The molecule has 29 heavy (non-hydrogen) atoms. The molecule has 0 amide bonds. The molecule has 4 rings (SSSR count). The summed E-state index contributed by atoms with van der Waals surface area (Å²) in [6, 6.07) is 13.9. The van der Waals surface area contributed by atoms with E-state index in [1.165, 1.54) is 17.2 Å². The predicted molar refractivity (Wildman–Crippen MR) is 114 cm³/mol. The minimum atomic E-state index is -0.576. The molecule has 0 radical (unpaired) electrons. The van der Waals surface area contributed by atoms with Crippen molar-refractivity contribution >= 4 is 11.0 Å². The van der Waals surface area contributed by atoms with E-state index in [1.54, 1.807) is 7.11 Å². The first-order valence-corrected chi connectivity index (χ1v) is 10.2. The highest BCUT2D eigenvalue weighted by Crippen LogP contribution is 2.34. The van der Waals surface area contributed by atoms with Crippen molar-refractivity contribution in [1.82, 2.24) is 9.80 Å². The second kappa shape index (κ2) is 8.17. The largest absolute Gasteiger partial charge is 0.493 e. The first-order valence-electron chi connectivity index (χ1n) is 10.2. The van der Waals surface area contributed by atoms with E-state index in [9.17, 15) is 4.39 Å². The van der Waals surface area contributed by atoms with Gasteiger partial charge in [-0.15, -0.1) is 0 Å². The average molecular weight is 397 g/mol. The van der Waals surface area contributed by atoms with Crippen LogP contribution in [0.2, 0.25) is 0 Å². The van der Waals surface area contributed by atoms with Gasteiger partial charge in [0.05, 0.1) is 7.11 Å². The van der Waals surface area contributed by atoms with Crippen LogP contribution in [0, 0.1) is 6.01 Å². The molecule has 1 aliphatic heterocycles. The summed E-state index contributed by atoms with van der Waals surface area (Å²) >= 11 is 0. The Hall–Kier alpha value is -2.37. The van der Waals surface area contributed by atoms with Crippen molar-refractivity contribution < 1.29 is 13.5 Å². The van der Waals surface area contributed by atoms with Crippen LogP contribution in [-0.2, 0) is 6.54 Å². The van der Waals surface area contributed by atoms with Crippen LogP contribution in [0.5, 0.6) is 5.75 Å². The lowest BCUT2D eigenvalue weighted by Crippen LogP contribution is -2.46. The van der Waals surface area contributed by atoms with Crippen LogP contribution in [0.25, 0.3) is 11.0 Å². The summed E-state index contributed by atoms with van der Waals surface area (Å²) in [5, 5.41) is 0.792. The molecule has 4 nitrogen and oxygen atoms in total. The lowest BCUT2D eigenvalue weighted by atomic mass is 9.91. The lowest BCUT2D eigenvalue weighted by Gasteiger charge is -2.40. The minimum Gasteiger partial charge on any atom is -0.493 e. The molecule has 0 N–H and O–H groups in total. The predicted octanol–water partition coefficient (Wildman–Crippen LogP) is 5.19. The van der Waals surface area contributed by atoms with Crippen LogP contribution in [0.1, 0.15) is 42.5 Å². The van der Waals surface area contributed by atoms with E-state index in [0.717, 1.165) is 37.1 Å². The first kappa shape index (κ1) is 19.9. The maximum Gasteiger partial charge on any atom is 0.279 e. The summed E-state index contributed by atoms with van der Waals surface area (Å²) in [6.07, 6.45) is 0. The number of benzene rings is 2. The molecule has 1 unspecified atom stereocenters. The molecule has 3 aromatic rings. The van der Waals surface area contributed by atoms with E-state index in [1.807, 2.05) is 12.1 Å². The van der Waals surface area contributed by atoms with Gasteiger partial charge in [-0.05, 0) is 35.7 Å². The SMILES string of the molecule is COc1ccc(CN2CCN(C)C(c3ccccc3C(C)C)C2)c2cc(F)oc12. The molecular formula is C24H29FN2O2. The fraction of sp³-hybridized carbons (Fsp3) is 0.417. The highest BCUT2D eigenvalue weighted by molar-refractivity contribution is 5.86. The molecular weight excluding hydrogens is 367 g/mol. The van der Waals surface area contributed by atoms with E-state index < -0.39 is 6.01 Å². The minimum absolute atomic E-state index is 0.345. The Bertz CT molecular complexity index is 998. The highest BCUT2D eigenvalue weighted by atomic mass is 19.1. The van der Waals surface area contributed by atoms with Crippen LogP contribution in [0.3, 0.4) is 0 Å². The van der Waals surface area contributed by atoms with Gasteiger partial charge in [0.25, 0.3) is 6.01 Å². The topological polar surface area (TPSA) is 28.9 Å². The van der Waals surface area contributed by atoms with Crippen LogP contribution in [0.15, 0.2) is 46.9 Å². The lowest BCUT2D eigenvalue weighted by molar-refractivity contribution is 0.0902. The summed E-state index contributed by atoms with van der Waals surface area (Å²) in [4.78, 5) is 4.90. The Labute approximate surface area is 171 Å². The molecule has 1 aliphatic rings. The average Bonchev–Trinajstić information content (AvgIpc) is 3.11. The molecule has 2 aromatic carbocycles. The van der Waals surface area contributed by atoms with E-state index in [-0.39, 0.29) is 0 Å². The Kier molecular flexibility index (Phi) is 5.61. The van der Waals surface area contributed by atoms with Crippen molar-refractivity contribution in [3.8, 4) is 5.75 Å². The van der Waals surface area contributed by atoms with Crippen LogP contribution in [-0.4, -0.2) is 43.6 Å². The molecule has 2 heterocycles. The van der Waals surface area contributed by atoms with Gasteiger partial charge in [0.1, 0.15) is 0 Å². The van der Waals surface area contributed by atoms with Gasteiger partial charge in [-0.25, -0.2) is 0 Å². The van der Waals surface area contributed by atoms with E-state index in [2.05, 4.69) is 55.0 Å². The normalized spacial score (nSPS) is 18.6. The zero-order chi connectivity index (χ0) is 20.5. The third-order valence-corrected chi connectivity index (χ3v) is 6.03. The number of rotatable bonds is 5. The monoisotopic (exact) mass is 396 g/mol. The smallest absolute Gasteiger partial charge is 0.279 e. The highest BCUT2D eigenvalue weighted by Gasteiger charge is 2.28. The van der Waals surface area contributed by atoms with Crippen molar-refractivity contribution in [2.45, 2.75) is 32.4 Å². The van der Waals surface area contributed by atoms with Gasteiger partial charge in [-0.3, -0.25) is 9.80 Å². The zero-order valence-corrected chi connectivity index (χ0v) is 17.6. The number of hydrogen-bond donors (Lipinski definition) is 0. The Balaban J connectivity index is 1.61. The van der Waals surface area contributed by atoms with Gasteiger partial charge in [-0.2, -0.15) is 4.39 Å². The molecule has 0 aliphatic carbocycles. The Morgan fingerprint density at radius 1 is 1.17 bits per heavy atom. The fourth-order valence-electron chi connectivity index (χ4n) is 4.41. The number of halogens is 1. The molecule has 0 saturated carbocycles. The number of hydrogen-bond acceptors (Lipinski definition) is 4. The summed E-state index contributed by atoms with van der Waals surface area (Å²) in [7, 11) is 3.78. The van der Waals surface area contributed by atoms with Crippen molar-refractivity contribution in [3.63, 3.8) is 0 Å². The van der Waals surface area contributed by atoms with Crippen LogP contribution < -0.4 is 4.74 Å².